The number of benzene rings is 1. The van der Waals surface area contributed by atoms with Gasteiger partial charge in [0.05, 0.1) is 17.6 Å². The van der Waals surface area contributed by atoms with Crippen molar-refractivity contribution in [3.05, 3.63) is 51.5 Å². The summed E-state index contributed by atoms with van der Waals surface area (Å²) in [6, 6.07) is 10.2. The van der Waals surface area contributed by atoms with E-state index in [9.17, 15) is 8.42 Å². The third-order valence-corrected chi connectivity index (χ3v) is 7.50. The van der Waals surface area contributed by atoms with Crippen LogP contribution >= 0.6 is 22.7 Å². The summed E-state index contributed by atoms with van der Waals surface area (Å²) in [7, 11) is -3.23. The van der Waals surface area contributed by atoms with Crippen LogP contribution in [0.1, 0.15) is 16.9 Å². The lowest BCUT2D eigenvalue weighted by Crippen LogP contribution is -2.34. The van der Waals surface area contributed by atoms with Gasteiger partial charge in [0, 0.05) is 28.9 Å². The zero-order valence-electron chi connectivity index (χ0n) is 15.0. The van der Waals surface area contributed by atoms with E-state index in [1.54, 1.807) is 22.7 Å². The molecule has 0 spiro atoms. The molecular formula is C19H21N3O2S3. The maximum atomic E-state index is 12.0. The summed E-state index contributed by atoms with van der Waals surface area (Å²) in [5.74, 6) is 0. The SMILES string of the molecule is CS(=O)(=O)N1CCCc2cc(-c3csc(NCCc4cccs4)n3)ccc21. The van der Waals surface area contributed by atoms with E-state index in [1.807, 2.05) is 17.5 Å². The van der Waals surface area contributed by atoms with Gasteiger partial charge in [-0.25, -0.2) is 13.4 Å². The summed E-state index contributed by atoms with van der Waals surface area (Å²) in [4.78, 5) is 6.06. The lowest BCUT2D eigenvalue weighted by atomic mass is 10.00. The van der Waals surface area contributed by atoms with Crippen molar-refractivity contribution in [1.82, 2.24) is 4.98 Å². The number of anilines is 2. The van der Waals surface area contributed by atoms with Crippen LogP contribution in [0.15, 0.2) is 41.1 Å². The number of thiophene rings is 1. The van der Waals surface area contributed by atoms with E-state index in [0.717, 1.165) is 53.4 Å². The van der Waals surface area contributed by atoms with E-state index >= 15 is 0 Å². The summed E-state index contributed by atoms with van der Waals surface area (Å²) in [5, 5.41) is 8.45. The third-order valence-electron chi connectivity index (χ3n) is 4.58. The molecule has 0 fully saturated rings. The number of sulfonamides is 1. The van der Waals surface area contributed by atoms with E-state index in [0.29, 0.717) is 6.54 Å². The Balaban J connectivity index is 1.49. The number of nitrogens with one attached hydrogen (secondary N) is 1. The molecule has 8 heteroatoms. The molecule has 0 saturated carbocycles. The van der Waals surface area contributed by atoms with Crippen LogP contribution in [0.2, 0.25) is 0 Å². The highest BCUT2D eigenvalue weighted by molar-refractivity contribution is 7.92. The van der Waals surface area contributed by atoms with Gasteiger partial charge in [-0.1, -0.05) is 12.1 Å². The molecule has 1 aliphatic heterocycles. The van der Waals surface area contributed by atoms with Gasteiger partial charge in [-0.15, -0.1) is 22.7 Å². The van der Waals surface area contributed by atoms with Gasteiger partial charge in [-0.05, 0) is 48.4 Å². The van der Waals surface area contributed by atoms with Gasteiger partial charge in [-0.2, -0.15) is 0 Å². The molecule has 4 rings (SSSR count). The van der Waals surface area contributed by atoms with Crippen molar-refractivity contribution >= 4 is 43.5 Å². The molecular weight excluding hydrogens is 398 g/mol. The third kappa shape index (κ3) is 4.17. The van der Waals surface area contributed by atoms with Crippen molar-refractivity contribution in [2.75, 3.05) is 29.0 Å². The average Bonchev–Trinajstić information content (AvgIpc) is 3.32. The molecule has 1 aromatic carbocycles. The number of hydrogen-bond donors (Lipinski definition) is 1. The summed E-state index contributed by atoms with van der Waals surface area (Å²) < 4.78 is 25.5. The van der Waals surface area contributed by atoms with Crippen LogP contribution in [-0.2, 0) is 22.9 Å². The fraction of sp³-hybridized carbons (Fsp3) is 0.316. The Morgan fingerprint density at radius 2 is 2.15 bits per heavy atom. The highest BCUT2D eigenvalue weighted by Gasteiger charge is 2.24. The topological polar surface area (TPSA) is 62.3 Å². The number of fused-ring (bicyclic) bond motifs is 1. The van der Waals surface area contributed by atoms with Crippen LogP contribution in [0.5, 0.6) is 0 Å². The van der Waals surface area contributed by atoms with E-state index in [1.165, 1.54) is 15.4 Å². The second kappa shape index (κ2) is 7.61. The van der Waals surface area contributed by atoms with E-state index < -0.39 is 10.0 Å². The average molecular weight is 420 g/mol. The van der Waals surface area contributed by atoms with Crippen LogP contribution in [0, 0.1) is 0 Å². The highest BCUT2D eigenvalue weighted by Crippen LogP contribution is 2.33. The Morgan fingerprint density at radius 3 is 2.93 bits per heavy atom. The maximum absolute atomic E-state index is 12.0. The standard InChI is InChI=1S/C19H21N3O2S3/c1-27(23,24)22-10-2-4-15-12-14(6-7-18(15)22)17-13-26-19(21-17)20-9-8-16-5-3-11-25-16/h3,5-7,11-13H,2,4,8-10H2,1H3,(H,20,21). The van der Waals surface area contributed by atoms with E-state index in [2.05, 4.69) is 28.9 Å². The van der Waals surface area contributed by atoms with E-state index in [-0.39, 0.29) is 0 Å². The van der Waals surface area contributed by atoms with Crippen LogP contribution in [0.4, 0.5) is 10.8 Å². The zero-order chi connectivity index (χ0) is 18.9. The minimum atomic E-state index is -3.23. The first-order chi connectivity index (χ1) is 13.0. The Labute approximate surface area is 167 Å². The van der Waals surface area contributed by atoms with Gasteiger partial charge in [0.15, 0.2) is 5.13 Å². The van der Waals surface area contributed by atoms with Gasteiger partial charge < -0.3 is 5.32 Å². The molecule has 1 aliphatic rings. The molecule has 142 valence electrons. The number of thiazole rings is 1. The number of hydrogen-bond acceptors (Lipinski definition) is 6. The Kier molecular flexibility index (Phi) is 5.21. The summed E-state index contributed by atoms with van der Waals surface area (Å²) in [6.07, 6.45) is 4.00. The lowest BCUT2D eigenvalue weighted by Gasteiger charge is -2.29. The fourth-order valence-electron chi connectivity index (χ4n) is 3.30. The lowest BCUT2D eigenvalue weighted by molar-refractivity contribution is 0.592. The highest BCUT2D eigenvalue weighted by atomic mass is 32.2. The summed E-state index contributed by atoms with van der Waals surface area (Å²) >= 11 is 3.37. The van der Waals surface area contributed by atoms with Crippen molar-refractivity contribution in [3.63, 3.8) is 0 Å². The Bertz CT molecular complexity index is 1030. The molecule has 0 unspecified atom stereocenters. The van der Waals surface area contributed by atoms with Gasteiger partial charge in [0.25, 0.3) is 0 Å². The fourth-order valence-corrected chi connectivity index (χ4v) is 5.76. The van der Waals surface area contributed by atoms with Gasteiger partial charge >= 0.3 is 0 Å². The Morgan fingerprint density at radius 1 is 1.26 bits per heavy atom. The molecule has 0 bridgehead atoms. The number of rotatable bonds is 6. The quantitative estimate of drug-likeness (QED) is 0.649. The number of nitrogens with zero attached hydrogens (tertiary/aromatic N) is 2. The molecule has 3 aromatic rings. The Hall–Kier alpha value is -1.90. The first kappa shape index (κ1) is 18.5. The minimum absolute atomic E-state index is 0.556. The molecule has 0 amide bonds. The normalized spacial score (nSPS) is 14.2. The summed E-state index contributed by atoms with van der Waals surface area (Å²) in [5.41, 5.74) is 3.84. The predicted octanol–water partition coefficient (Wildman–Crippen LogP) is 4.24. The molecule has 1 N–H and O–H groups in total. The smallest absolute Gasteiger partial charge is 0.232 e. The van der Waals surface area contributed by atoms with Crippen LogP contribution in [0.25, 0.3) is 11.3 Å². The van der Waals surface area contributed by atoms with Crippen molar-refractivity contribution < 1.29 is 8.42 Å². The van der Waals surface area contributed by atoms with E-state index in [4.69, 9.17) is 4.98 Å². The minimum Gasteiger partial charge on any atom is -0.361 e. The molecule has 0 aliphatic carbocycles. The van der Waals surface area contributed by atoms with Crippen molar-refractivity contribution in [1.29, 1.82) is 0 Å². The molecule has 0 saturated heterocycles. The first-order valence-corrected chi connectivity index (χ1v) is 12.4. The molecule has 2 aromatic heterocycles. The van der Waals surface area contributed by atoms with Crippen molar-refractivity contribution in [2.24, 2.45) is 0 Å². The zero-order valence-corrected chi connectivity index (χ0v) is 17.5. The second-order valence-corrected chi connectivity index (χ2v) is 10.4. The number of aromatic nitrogens is 1. The molecule has 27 heavy (non-hydrogen) atoms. The van der Waals surface area contributed by atoms with Crippen molar-refractivity contribution in [2.45, 2.75) is 19.3 Å². The van der Waals surface area contributed by atoms with Gasteiger partial charge in [0.1, 0.15) is 0 Å². The first-order valence-electron chi connectivity index (χ1n) is 8.83. The summed E-state index contributed by atoms with van der Waals surface area (Å²) in [6.45, 7) is 1.42. The van der Waals surface area contributed by atoms with Crippen LogP contribution < -0.4 is 9.62 Å². The van der Waals surface area contributed by atoms with Crippen molar-refractivity contribution in [3.8, 4) is 11.3 Å². The molecule has 5 nitrogen and oxygen atoms in total. The largest absolute Gasteiger partial charge is 0.361 e. The molecule has 0 radical (unpaired) electrons. The maximum Gasteiger partial charge on any atom is 0.232 e. The molecule has 0 atom stereocenters. The van der Waals surface area contributed by atoms with Gasteiger partial charge in [0.2, 0.25) is 10.0 Å². The second-order valence-electron chi connectivity index (χ2n) is 6.58. The number of aryl methyl sites for hydroxylation is 1. The van der Waals surface area contributed by atoms with Gasteiger partial charge in [-0.3, -0.25) is 4.31 Å². The van der Waals surface area contributed by atoms with Crippen LogP contribution in [0.3, 0.4) is 0 Å². The predicted molar refractivity (Wildman–Crippen MR) is 115 cm³/mol. The molecule has 3 heterocycles. The monoisotopic (exact) mass is 419 g/mol. The van der Waals surface area contributed by atoms with Crippen LogP contribution in [-0.4, -0.2) is 32.7 Å².